The molecule has 1 aliphatic rings. The van der Waals surface area contributed by atoms with Gasteiger partial charge in [0, 0.05) is 23.2 Å². The van der Waals surface area contributed by atoms with Crippen LogP contribution in [-0.4, -0.2) is 27.2 Å². The molecule has 0 amide bonds. The van der Waals surface area contributed by atoms with Crippen molar-refractivity contribution < 1.29 is 9.53 Å². The van der Waals surface area contributed by atoms with Crippen LogP contribution in [0.4, 0.5) is 0 Å². The minimum absolute atomic E-state index is 0.312. The van der Waals surface area contributed by atoms with Crippen molar-refractivity contribution in [2.45, 2.75) is 25.7 Å². The second-order valence-electron chi connectivity index (χ2n) is 5.73. The Labute approximate surface area is 133 Å². The molecule has 116 valence electrons. The van der Waals surface area contributed by atoms with E-state index in [1.54, 1.807) is 17.5 Å². The summed E-state index contributed by atoms with van der Waals surface area (Å²) in [5.74, 6) is 0.0962. The molecule has 3 aromatic rings. The van der Waals surface area contributed by atoms with Crippen LogP contribution in [0.2, 0.25) is 0 Å². The zero-order valence-electron chi connectivity index (χ0n) is 12.9. The van der Waals surface area contributed by atoms with E-state index in [9.17, 15) is 4.79 Å². The summed E-state index contributed by atoms with van der Waals surface area (Å²) in [6.07, 6.45) is 2.31. The molecule has 0 atom stereocenters. The molecule has 0 radical (unpaired) electrons. The van der Waals surface area contributed by atoms with Crippen molar-refractivity contribution in [3.63, 3.8) is 0 Å². The van der Waals surface area contributed by atoms with Crippen molar-refractivity contribution in [2.24, 2.45) is 0 Å². The molecular weight excluding hydrogens is 290 g/mol. The number of benzene rings is 1. The predicted octanol–water partition coefficient (Wildman–Crippen LogP) is 3.45. The zero-order valence-corrected chi connectivity index (χ0v) is 12.9. The van der Waals surface area contributed by atoms with Gasteiger partial charge in [0.1, 0.15) is 0 Å². The molecule has 1 aliphatic carbocycles. The molecule has 1 saturated carbocycles. The highest BCUT2D eigenvalue weighted by atomic mass is 16.5. The first-order valence-corrected chi connectivity index (χ1v) is 7.89. The van der Waals surface area contributed by atoms with Crippen LogP contribution in [0, 0.1) is 0 Å². The number of carbonyl (C=O) groups excluding carboxylic acids is 1. The van der Waals surface area contributed by atoms with Crippen LogP contribution in [0.15, 0.2) is 42.5 Å². The molecule has 2 aromatic heterocycles. The van der Waals surface area contributed by atoms with E-state index in [1.165, 1.54) is 0 Å². The van der Waals surface area contributed by atoms with Gasteiger partial charge in [0.15, 0.2) is 11.3 Å². The van der Waals surface area contributed by atoms with E-state index in [0.29, 0.717) is 23.9 Å². The maximum atomic E-state index is 11.9. The van der Waals surface area contributed by atoms with Gasteiger partial charge < -0.3 is 4.74 Å². The SMILES string of the molecule is CCOC(=O)c1cc2nc(-c3ccccc3)cc(C3CC3)n2n1. The molecule has 0 aliphatic heterocycles. The van der Waals surface area contributed by atoms with Gasteiger partial charge in [0.25, 0.3) is 0 Å². The summed E-state index contributed by atoms with van der Waals surface area (Å²) in [5.41, 5.74) is 4.10. The van der Waals surface area contributed by atoms with E-state index >= 15 is 0 Å². The third-order valence-corrected chi connectivity index (χ3v) is 4.00. The molecule has 0 saturated heterocycles. The first-order chi connectivity index (χ1) is 11.3. The van der Waals surface area contributed by atoms with Crippen molar-refractivity contribution in [1.82, 2.24) is 14.6 Å². The van der Waals surface area contributed by atoms with Crippen molar-refractivity contribution >= 4 is 11.6 Å². The van der Waals surface area contributed by atoms with Crippen LogP contribution in [-0.2, 0) is 4.74 Å². The van der Waals surface area contributed by atoms with E-state index in [0.717, 1.165) is 29.8 Å². The maximum absolute atomic E-state index is 11.9. The Bertz CT molecular complexity index is 867. The molecule has 1 fully saturated rings. The van der Waals surface area contributed by atoms with Crippen LogP contribution in [0.5, 0.6) is 0 Å². The number of aromatic nitrogens is 3. The Kier molecular flexibility index (Phi) is 3.33. The summed E-state index contributed by atoms with van der Waals surface area (Å²) >= 11 is 0. The van der Waals surface area contributed by atoms with Gasteiger partial charge >= 0.3 is 5.97 Å². The smallest absolute Gasteiger partial charge is 0.358 e. The van der Waals surface area contributed by atoms with Crippen LogP contribution >= 0.6 is 0 Å². The average molecular weight is 307 g/mol. The van der Waals surface area contributed by atoms with E-state index in [2.05, 4.69) is 16.1 Å². The lowest BCUT2D eigenvalue weighted by atomic mass is 10.1. The number of esters is 1. The van der Waals surface area contributed by atoms with Gasteiger partial charge in [-0.25, -0.2) is 14.3 Å². The van der Waals surface area contributed by atoms with E-state index < -0.39 is 5.97 Å². The highest BCUT2D eigenvalue weighted by Gasteiger charge is 2.28. The molecule has 1 aromatic carbocycles. The quantitative estimate of drug-likeness (QED) is 0.693. The van der Waals surface area contributed by atoms with Crippen LogP contribution < -0.4 is 0 Å². The molecule has 23 heavy (non-hydrogen) atoms. The Balaban J connectivity index is 1.86. The lowest BCUT2D eigenvalue weighted by Crippen LogP contribution is -2.06. The monoisotopic (exact) mass is 307 g/mol. The number of rotatable bonds is 4. The molecule has 2 heterocycles. The first-order valence-electron chi connectivity index (χ1n) is 7.89. The Morgan fingerprint density at radius 1 is 1.26 bits per heavy atom. The maximum Gasteiger partial charge on any atom is 0.358 e. The van der Waals surface area contributed by atoms with Crippen LogP contribution in [0.25, 0.3) is 16.9 Å². The molecule has 0 N–H and O–H groups in total. The molecule has 0 unspecified atom stereocenters. The first kappa shape index (κ1) is 13.9. The summed E-state index contributed by atoms with van der Waals surface area (Å²) in [7, 11) is 0. The molecule has 0 bridgehead atoms. The number of carbonyl (C=O) groups is 1. The van der Waals surface area contributed by atoms with Gasteiger partial charge in [-0.2, -0.15) is 5.10 Å². The summed E-state index contributed by atoms with van der Waals surface area (Å²) in [4.78, 5) is 16.6. The van der Waals surface area contributed by atoms with Gasteiger partial charge in [-0.05, 0) is 25.8 Å². The fourth-order valence-electron chi connectivity index (χ4n) is 2.73. The van der Waals surface area contributed by atoms with Crippen molar-refractivity contribution in [3.8, 4) is 11.3 Å². The number of hydrogen-bond acceptors (Lipinski definition) is 4. The minimum atomic E-state index is -0.402. The lowest BCUT2D eigenvalue weighted by Gasteiger charge is -2.07. The normalized spacial score (nSPS) is 14.1. The largest absolute Gasteiger partial charge is 0.461 e. The molecule has 5 heteroatoms. The number of nitrogens with zero attached hydrogens (tertiary/aromatic N) is 3. The van der Waals surface area contributed by atoms with Gasteiger partial charge in [-0.3, -0.25) is 0 Å². The van der Waals surface area contributed by atoms with Gasteiger partial charge in [-0.15, -0.1) is 0 Å². The standard InChI is InChI=1S/C18H17N3O2/c1-2-23-18(22)15-11-17-19-14(12-6-4-3-5-7-12)10-16(13-8-9-13)21(17)20-15/h3-7,10-11,13H,2,8-9H2,1H3. The summed E-state index contributed by atoms with van der Waals surface area (Å²) < 4.78 is 6.83. The second-order valence-corrected chi connectivity index (χ2v) is 5.73. The summed E-state index contributed by atoms with van der Waals surface area (Å²) in [5, 5.41) is 4.41. The second kappa shape index (κ2) is 5.50. The van der Waals surface area contributed by atoms with Crippen molar-refractivity contribution in [2.75, 3.05) is 6.61 Å². The van der Waals surface area contributed by atoms with Crippen LogP contribution in [0.3, 0.4) is 0 Å². The number of hydrogen-bond donors (Lipinski definition) is 0. The fraction of sp³-hybridized carbons (Fsp3) is 0.278. The van der Waals surface area contributed by atoms with Crippen molar-refractivity contribution in [1.29, 1.82) is 0 Å². The highest BCUT2D eigenvalue weighted by molar-refractivity contribution is 5.88. The lowest BCUT2D eigenvalue weighted by molar-refractivity contribution is 0.0519. The van der Waals surface area contributed by atoms with Gasteiger partial charge in [-0.1, -0.05) is 30.3 Å². The van der Waals surface area contributed by atoms with Gasteiger partial charge in [0.05, 0.1) is 12.3 Å². The van der Waals surface area contributed by atoms with Crippen molar-refractivity contribution in [3.05, 3.63) is 53.9 Å². The minimum Gasteiger partial charge on any atom is -0.461 e. The molecule has 5 nitrogen and oxygen atoms in total. The van der Waals surface area contributed by atoms with E-state index in [4.69, 9.17) is 4.74 Å². The molecule has 0 spiro atoms. The number of fused-ring (bicyclic) bond motifs is 1. The third kappa shape index (κ3) is 2.59. The molecule has 4 rings (SSSR count). The van der Waals surface area contributed by atoms with Gasteiger partial charge in [0.2, 0.25) is 0 Å². The van der Waals surface area contributed by atoms with E-state index in [-0.39, 0.29) is 0 Å². The Hall–Kier alpha value is -2.69. The Morgan fingerprint density at radius 3 is 2.74 bits per heavy atom. The fourth-order valence-corrected chi connectivity index (χ4v) is 2.73. The number of ether oxygens (including phenoxy) is 1. The molecular formula is C18H17N3O2. The van der Waals surface area contributed by atoms with E-state index in [1.807, 2.05) is 30.3 Å². The van der Waals surface area contributed by atoms with Crippen LogP contribution in [0.1, 0.15) is 41.9 Å². The Morgan fingerprint density at radius 2 is 2.04 bits per heavy atom. The predicted molar refractivity (Wildman–Crippen MR) is 86.4 cm³/mol. The third-order valence-electron chi connectivity index (χ3n) is 4.00. The highest BCUT2D eigenvalue weighted by Crippen LogP contribution is 2.41. The summed E-state index contributed by atoms with van der Waals surface area (Å²) in [6.45, 7) is 2.12. The topological polar surface area (TPSA) is 56.5 Å². The summed E-state index contributed by atoms with van der Waals surface area (Å²) in [6, 6.07) is 13.9. The average Bonchev–Trinajstić information content (AvgIpc) is 3.33. The zero-order chi connectivity index (χ0) is 15.8.